The van der Waals surface area contributed by atoms with E-state index in [0.717, 1.165) is 36.2 Å². The Hall–Kier alpha value is -3.71. The number of hydrazine groups is 1. The molecule has 2 aromatic carbocycles. The monoisotopic (exact) mass is 427 g/mol. The largest absolute Gasteiger partial charge is 0.352 e. The number of amides is 2. The Morgan fingerprint density at radius 1 is 1.06 bits per heavy atom. The molecule has 5 rings (SSSR count). The van der Waals surface area contributed by atoms with E-state index in [-0.39, 0.29) is 17.7 Å². The van der Waals surface area contributed by atoms with Crippen LogP contribution in [0.15, 0.2) is 77.9 Å². The number of fused-ring (bicyclic) bond motifs is 1. The van der Waals surface area contributed by atoms with Gasteiger partial charge in [0, 0.05) is 29.8 Å². The zero-order valence-electron chi connectivity index (χ0n) is 17.6. The second-order valence-corrected chi connectivity index (χ2v) is 8.13. The van der Waals surface area contributed by atoms with Gasteiger partial charge in [-0.3, -0.25) is 14.6 Å². The van der Waals surface area contributed by atoms with Crippen molar-refractivity contribution in [3.63, 3.8) is 0 Å². The van der Waals surface area contributed by atoms with Crippen molar-refractivity contribution < 1.29 is 9.59 Å². The lowest BCUT2D eigenvalue weighted by Gasteiger charge is -2.21. The third-order valence-electron chi connectivity index (χ3n) is 5.71. The quantitative estimate of drug-likeness (QED) is 0.634. The highest BCUT2D eigenvalue weighted by Crippen LogP contribution is 2.29. The molecule has 2 aliphatic heterocycles. The van der Waals surface area contributed by atoms with Gasteiger partial charge in [0.15, 0.2) is 12.1 Å². The average molecular weight is 428 g/mol. The number of amidine groups is 1. The summed E-state index contributed by atoms with van der Waals surface area (Å²) in [5.41, 5.74) is 6.88. The van der Waals surface area contributed by atoms with Gasteiger partial charge in [-0.2, -0.15) is 5.43 Å². The number of allylic oxidation sites excluding steroid dienone is 2. The molecular formula is C25H25N5O2. The average Bonchev–Trinajstić information content (AvgIpc) is 3.59. The zero-order chi connectivity index (χ0) is 21.9. The highest BCUT2D eigenvalue weighted by molar-refractivity contribution is 6.24. The Bertz CT molecular complexity index is 1100. The van der Waals surface area contributed by atoms with Gasteiger partial charge in [-0.15, -0.1) is 0 Å². The second kappa shape index (κ2) is 8.80. The summed E-state index contributed by atoms with van der Waals surface area (Å²) < 4.78 is 0. The number of carbonyl (C=O) groups is 2. The number of hydrogen-bond donors (Lipinski definition) is 3. The molecule has 1 fully saturated rings. The van der Waals surface area contributed by atoms with Crippen molar-refractivity contribution in [1.82, 2.24) is 21.1 Å². The van der Waals surface area contributed by atoms with E-state index in [4.69, 9.17) is 0 Å². The SMILES string of the molecule is O=C(NCCc1ccccc1)c1ccc(C2=CC=CN3NC(NC(=O)C4CC4)N=C23)cc1. The van der Waals surface area contributed by atoms with E-state index in [2.05, 4.69) is 33.2 Å². The number of nitrogens with zero attached hydrogens (tertiary/aromatic N) is 2. The minimum Gasteiger partial charge on any atom is -0.352 e. The molecule has 3 N–H and O–H groups in total. The second-order valence-electron chi connectivity index (χ2n) is 8.13. The zero-order valence-corrected chi connectivity index (χ0v) is 17.6. The molecule has 0 saturated heterocycles. The van der Waals surface area contributed by atoms with Crippen LogP contribution in [-0.2, 0) is 11.2 Å². The van der Waals surface area contributed by atoms with E-state index in [0.29, 0.717) is 12.1 Å². The molecule has 1 saturated carbocycles. The van der Waals surface area contributed by atoms with Gasteiger partial charge in [0.2, 0.25) is 5.91 Å². The maximum atomic E-state index is 12.5. The topological polar surface area (TPSA) is 85.8 Å². The Balaban J connectivity index is 1.22. The van der Waals surface area contributed by atoms with Gasteiger partial charge in [-0.25, -0.2) is 4.99 Å². The van der Waals surface area contributed by atoms with Crippen LogP contribution in [0, 0.1) is 5.92 Å². The van der Waals surface area contributed by atoms with Crippen LogP contribution in [0.4, 0.5) is 0 Å². The Labute approximate surface area is 186 Å². The fourth-order valence-electron chi connectivity index (χ4n) is 3.78. The summed E-state index contributed by atoms with van der Waals surface area (Å²) in [6.07, 6.45) is 8.02. The van der Waals surface area contributed by atoms with Gasteiger partial charge >= 0.3 is 0 Å². The predicted octanol–water partition coefficient (Wildman–Crippen LogP) is 2.60. The molecule has 162 valence electrons. The lowest BCUT2D eigenvalue weighted by atomic mass is 10.0. The van der Waals surface area contributed by atoms with Crippen LogP contribution >= 0.6 is 0 Å². The van der Waals surface area contributed by atoms with Crippen molar-refractivity contribution in [2.75, 3.05) is 6.54 Å². The molecule has 2 aromatic rings. The third kappa shape index (κ3) is 4.48. The lowest BCUT2D eigenvalue weighted by molar-refractivity contribution is -0.123. The van der Waals surface area contributed by atoms with Crippen LogP contribution in [0.25, 0.3) is 5.57 Å². The molecule has 2 amide bonds. The highest BCUT2D eigenvalue weighted by Gasteiger charge is 2.34. The van der Waals surface area contributed by atoms with Gasteiger partial charge in [-0.1, -0.05) is 42.5 Å². The van der Waals surface area contributed by atoms with Crippen LogP contribution in [-0.4, -0.2) is 35.5 Å². The molecule has 7 heteroatoms. The lowest BCUT2D eigenvalue weighted by Crippen LogP contribution is -2.46. The Kier molecular flexibility index (Phi) is 5.56. The van der Waals surface area contributed by atoms with Crippen LogP contribution in [0.2, 0.25) is 0 Å². The fraction of sp³-hybridized carbons (Fsp3) is 0.240. The summed E-state index contributed by atoms with van der Waals surface area (Å²) in [4.78, 5) is 29.2. The first-order valence-corrected chi connectivity index (χ1v) is 10.9. The van der Waals surface area contributed by atoms with E-state index in [1.165, 1.54) is 5.56 Å². The number of rotatable bonds is 7. The number of carbonyl (C=O) groups excluding carboxylic acids is 2. The van der Waals surface area contributed by atoms with Crippen molar-refractivity contribution in [2.45, 2.75) is 25.6 Å². The predicted molar refractivity (Wildman–Crippen MR) is 123 cm³/mol. The highest BCUT2D eigenvalue weighted by atomic mass is 16.2. The maximum Gasteiger partial charge on any atom is 0.251 e. The summed E-state index contributed by atoms with van der Waals surface area (Å²) in [6.45, 7) is 0.589. The number of nitrogens with one attached hydrogen (secondary N) is 3. The first-order chi connectivity index (χ1) is 15.7. The Morgan fingerprint density at radius 3 is 2.59 bits per heavy atom. The molecule has 7 nitrogen and oxygen atoms in total. The fourth-order valence-corrected chi connectivity index (χ4v) is 3.78. The van der Waals surface area contributed by atoms with Crippen molar-refractivity contribution >= 4 is 23.2 Å². The van der Waals surface area contributed by atoms with Crippen LogP contribution < -0.4 is 16.1 Å². The summed E-state index contributed by atoms with van der Waals surface area (Å²) in [6, 6.07) is 17.6. The van der Waals surface area contributed by atoms with E-state index < -0.39 is 6.29 Å². The molecule has 2 heterocycles. The first kappa shape index (κ1) is 20.2. The molecule has 0 spiro atoms. The van der Waals surface area contributed by atoms with Crippen LogP contribution in [0.1, 0.15) is 34.3 Å². The third-order valence-corrected chi connectivity index (χ3v) is 5.71. The molecule has 0 bridgehead atoms. The molecule has 1 aliphatic carbocycles. The van der Waals surface area contributed by atoms with E-state index in [1.807, 2.05) is 65.8 Å². The van der Waals surface area contributed by atoms with E-state index >= 15 is 0 Å². The smallest absolute Gasteiger partial charge is 0.251 e. The standard InChI is InChI=1S/C25H25N5O2/c31-23(26-15-14-17-5-2-1-3-6-17)19-10-8-18(9-11-19)21-7-4-16-30-22(21)27-25(29-30)28-24(32)20-12-13-20/h1-11,16,20,25,29H,12-15H2,(H,26,31)(H,28,32). The number of aliphatic imine (C=N–C) groups is 1. The molecular weight excluding hydrogens is 402 g/mol. The molecule has 1 unspecified atom stereocenters. The van der Waals surface area contributed by atoms with E-state index in [9.17, 15) is 9.59 Å². The normalized spacial score (nSPS) is 19.1. The summed E-state index contributed by atoms with van der Waals surface area (Å²) in [5.74, 6) is 0.832. The summed E-state index contributed by atoms with van der Waals surface area (Å²) in [5, 5.41) is 7.72. The number of hydrogen-bond acceptors (Lipinski definition) is 5. The van der Waals surface area contributed by atoms with Gasteiger partial charge in [0.1, 0.15) is 0 Å². The summed E-state index contributed by atoms with van der Waals surface area (Å²) >= 11 is 0. The minimum absolute atomic E-state index is 0.0452. The van der Waals surface area contributed by atoms with Gasteiger partial charge in [0.05, 0.1) is 0 Å². The molecule has 0 aromatic heterocycles. The van der Waals surface area contributed by atoms with Gasteiger partial charge in [-0.05, 0) is 54.7 Å². The van der Waals surface area contributed by atoms with Crippen LogP contribution in [0.5, 0.6) is 0 Å². The van der Waals surface area contributed by atoms with Crippen molar-refractivity contribution in [2.24, 2.45) is 10.9 Å². The van der Waals surface area contributed by atoms with E-state index in [1.54, 1.807) is 0 Å². The Morgan fingerprint density at radius 2 is 1.84 bits per heavy atom. The molecule has 32 heavy (non-hydrogen) atoms. The molecule has 1 atom stereocenters. The van der Waals surface area contributed by atoms with Gasteiger partial charge in [0.25, 0.3) is 5.91 Å². The molecule has 3 aliphatic rings. The maximum absolute atomic E-state index is 12.5. The molecule has 0 radical (unpaired) electrons. The number of benzene rings is 2. The first-order valence-electron chi connectivity index (χ1n) is 10.9. The van der Waals surface area contributed by atoms with Crippen LogP contribution in [0.3, 0.4) is 0 Å². The van der Waals surface area contributed by atoms with Crippen molar-refractivity contribution in [1.29, 1.82) is 0 Å². The van der Waals surface area contributed by atoms with Crippen molar-refractivity contribution in [3.05, 3.63) is 89.6 Å². The van der Waals surface area contributed by atoms with Crippen molar-refractivity contribution in [3.8, 4) is 0 Å². The van der Waals surface area contributed by atoms with Gasteiger partial charge < -0.3 is 10.6 Å². The summed E-state index contributed by atoms with van der Waals surface area (Å²) in [7, 11) is 0. The minimum atomic E-state index is -0.473.